The summed E-state index contributed by atoms with van der Waals surface area (Å²) in [6.07, 6.45) is -0.101. The average Bonchev–Trinajstić information content (AvgIpc) is 2.51. The predicted octanol–water partition coefficient (Wildman–Crippen LogP) is 2.78. The van der Waals surface area contributed by atoms with Crippen LogP contribution in [0.3, 0.4) is 0 Å². The van der Waals surface area contributed by atoms with Crippen molar-refractivity contribution < 1.29 is 4.79 Å². The number of hydrogen-bond donors (Lipinski definition) is 1. The molecule has 0 aliphatic carbocycles. The van der Waals surface area contributed by atoms with Crippen LogP contribution in [0.2, 0.25) is 0 Å². The molecule has 0 saturated heterocycles. The zero-order valence-electron chi connectivity index (χ0n) is 8.50. The zero-order valence-corrected chi connectivity index (χ0v) is 10.9. The fourth-order valence-corrected chi connectivity index (χ4v) is 2.62. The van der Waals surface area contributed by atoms with Gasteiger partial charge in [0.25, 0.3) is 0 Å². The van der Waals surface area contributed by atoms with Crippen molar-refractivity contribution in [1.29, 1.82) is 5.26 Å². The maximum absolute atomic E-state index is 11.3. The average molecular weight is 287 g/mol. The Morgan fingerprint density at radius 3 is 2.80 bits per heavy atom. The van der Waals surface area contributed by atoms with Crippen LogP contribution in [0.15, 0.2) is 15.9 Å². The molecule has 1 amide bonds. The summed E-state index contributed by atoms with van der Waals surface area (Å²) < 4.78 is 1.03. The Kier molecular flexibility index (Phi) is 3.89. The highest BCUT2D eigenvalue weighted by atomic mass is 79.9. The molecule has 0 bridgehead atoms. The number of amides is 1. The quantitative estimate of drug-likeness (QED) is 0.929. The lowest BCUT2D eigenvalue weighted by Crippen LogP contribution is -2.40. The van der Waals surface area contributed by atoms with Gasteiger partial charge in [0, 0.05) is 4.88 Å². The van der Waals surface area contributed by atoms with Crippen LogP contribution in [0.5, 0.6) is 0 Å². The fourth-order valence-electron chi connectivity index (χ4n) is 1.18. The van der Waals surface area contributed by atoms with Gasteiger partial charge in [0.05, 0.1) is 15.4 Å². The number of nitrogens with one attached hydrogen (secondary N) is 1. The first-order chi connectivity index (χ1) is 6.95. The molecule has 1 rings (SSSR count). The molecule has 0 spiro atoms. The minimum absolute atomic E-state index is 0.101. The number of rotatable bonds is 3. The number of hydrogen-bond acceptors (Lipinski definition) is 3. The summed E-state index contributed by atoms with van der Waals surface area (Å²) >= 11 is 4.95. The van der Waals surface area contributed by atoms with Crippen molar-refractivity contribution in [1.82, 2.24) is 5.32 Å². The van der Waals surface area contributed by atoms with Gasteiger partial charge in [-0.2, -0.15) is 5.26 Å². The monoisotopic (exact) mass is 286 g/mol. The summed E-state index contributed by atoms with van der Waals surface area (Å²) in [6, 6.07) is 5.73. The summed E-state index contributed by atoms with van der Waals surface area (Å²) in [5, 5.41) is 11.2. The minimum Gasteiger partial charge on any atom is -0.345 e. The van der Waals surface area contributed by atoms with E-state index >= 15 is 0 Å². The molecule has 0 aliphatic rings. The van der Waals surface area contributed by atoms with Crippen molar-refractivity contribution in [2.45, 2.75) is 25.8 Å². The van der Waals surface area contributed by atoms with Gasteiger partial charge in [-0.3, -0.25) is 4.79 Å². The third-order valence-corrected chi connectivity index (χ3v) is 3.83. The summed E-state index contributed by atoms with van der Waals surface area (Å²) in [5.41, 5.74) is -0.426. The maximum atomic E-state index is 11.3. The molecule has 3 nitrogen and oxygen atoms in total. The van der Waals surface area contributed by atoms with E-state index in [1.165, 1.54) is 0 Å². The van der Waals surface area contributed by atoms with Gasteiger partial charge in [0.1, 0.15) is 6.42 Å². The SMILES string of the molecule is CC(C)(NC(=O)CC#N)c1ccc(Br)s1. The molecule has 0 atom stereocenters. The molecule has 5 heteroatoms. The van der Waals surface area contributed by atoms with Gasteiger partial charge in [0.15, 0.2) is 0 Å². The van der Waals surface area contributed by atoms with Crippen LogP contribution in [0.1, 0.15) is 25.1 Å². The van der Waals surface area contributed by atoms with Crippen molar-refractivity contribution in [2.24, 2.45) is 0 Å². The zero-order chi connectivity index (χ0) is 11.5. The van der Waals surface area contributed by atoms with Crippen molar-refractivity contribution in [3.05, 3.63) is 20.8 Å². The second-order valence-electron chi connectivity index (χ2n) is 3.61. The molecule has 0 aromatic carbocycles. The third-order valence-electron chi connectivity index (χ3n) is 1.88. The van der Waals surface area contributed by atoms with Gasteiger partial charge < -0.3 is 5.32 Å². The Hall–Kier alpha value is -0.860. The first kappa shape index (κ1) is 12.2. The van der Waals surface area contributed by atoms with Gasteiger partial charge in [-0.15, -0.1) is 11.3 Å². The van der Waals surface area contributed by atoms with E-state index in [2.05, 4.69) is 21.2 Å². The van der Waals surface area contributed by atoms with Crippen molar-refractivity contribution in [3.8, 4) is 6.07 Å². The molecule has 80 valence electrons. The molecule has 0 fully saturated rings. The number of nitrogens with zero attached hydrogens (tertiary/aromatic N) is 1. The Bertz CT molecular complexity index is 406. The summed E-state index contributed by atoms with van der Waals surface area (Å²) in [4.78, 5) is 12.4. The van der Waals surface area contributed by atoms with Gasteiger partial charge in [-0.05, 0) is 41.9 Å². The van der Waals surface area contributed by atoms with Gasteiger partial charge in [0.2, 0.25) is 5.91 Å². The normalized spacial score (nSPS) is 10.8. The smallest absolute Gasteiger partial charge is 0.234 e. The lowest BCUT2D eigenvalue weighted by Gasteiger charge is -2.24. The van der Waals surface area contributed by atoms with Gasteiger partial charge in [-0.25, -0.2) is 0 Å². The van der Waals surface area contributed by atoms with Crippen LogP contribution in [0.4, 0.5) is 0 Å². The molecular formula is C10H11BrN2OS. The standard InChI is InChI=1S/C10H11BrN2OS/c1-10(2,13-9(14)5-6-12)7-3-4-8(11)15-7/h3-4H,5H2,1-2H3,(H,13,14). The molecule has 0 saturated carbocycles. The lowest BCUT2D eigenvalue weighted by molar-refractivity contribution is -0.121. The molecule has 15 heavy (non-hydrogen) atoms. The molecule has 1 aromatic rings. The second-order valence-corrected chi connectivity index (χ2v) is 6.07. The van der Waals surface area contributed by atoms with Crippen LogP contribution in [-0.4, -0.2) is 5.91 Å². The molecular weight excluding hydrogens is 276 g/mol. The van der Waals surface area contributed by atoms with Crippen molar-refractivity contribution in [3.63, 3.8) is 0 Å². The highest BCUT2D eigenvalue weighted by Gasteiger charge is 2.24. The summed E-state index contributed by atoms with van der Waals surface area (Å²) in [6.45, 7) is 3.83. The highest BCUT2D eigenvalue weighted by Crippen LogP contribution is 2.30. The van der Waals surface area contributed by atoms with Crippen molar-refractivity contribution in [2.75, 3.05) is 0 Å². The molecule has 0 aliphatic heterocycles. The molecule has 1 N–H and O–H groups in total. The highest BCUT2D eigenvalue weighted by molar-refractivity contribution is 9.11. The Morgan fingerprint density at radius 1 is 1.67 bits per heavy atom. The number of nitriles is 1. The number of carbonyl (C=O) groups is 1. The van der Waals surface area contributed by atoms with Gasteiger partial charge >= 0.3 is 0 Å². The minimum atomic E-state index is -0.426. The third kappa shape index (κ3) is 3.33. The van der Waals surface area contributed by atoms with Crippen LogP contribution >= 0.6 is 27.3 Å². The molecule has 1 aromatic heterocycles. The van der Waals surface area contributed by atoms with Crippen molar-refractivity contribution >= 4 is 33.2 Å². The molecule has 0 unspecified atom stereocenters. The summed E-state index contributed by atoms with van der Waals surface area (Å²) in [7, 11) is 0. The topological polar surface area (TPSA) is 52.9 Å². The van der Waals surface area contributed by atoms with E-state index in [0.29, 0.717) is 0 Å². The Labute approximate surface area is 101 Å². The van der Waals surface area contributed by atoms with Crippen LogP contribution in [0, 0.1) is 11.3 Å². The first-order valence-corrected chi connectivity index (χ1v) is 6.00. The number of thiophene rings is 1. The van der Waals surface area contributed by atoms with E-state index in [9.17, 15) is 4.79 Å². The van der Waals surface area contributed by atoms with Crippen LogP contribution < -0.4 is 5.32 Å². The second kappa shape index (κ2) is 4.77. The lowest BCUT2D eigenvalue weighted by atomic mass is 10.0. The predicted molar refractivity (Wildman–Crippen MR) is 63.4 cm³/mol. The van der Waals surface area contributed by atoms with Gasteiger partial charge in [-0.1, -0.05) is 0 Å². The first-order valence-electron chi connectivity index (χ1n) is 4.39. The van der Waals surface area contributed by atoms with E-state index in [1.54, 1.807) is 11.3 Å². The van der Waals surface area contributed by atoms with E-state index in [4.69, 9.17) is 5.26 Å². The maximum Gasteiger partial charge on any atom is 0.234 e. The summed E-state index contributed by atoms with van der Waals surface area (Å²) in [5.74, 6) is -0.243. The Balaban J connectivity index is 2.76. The number of halogens is 1. The number of carbonyl (C=O) groups excluding carboxylic acids is 1. The van der Waals surface area contributed by atoms with E-state index in [1.807, 2.05) is 32.0 Å². The van der Waals surface area contributed by atoms with Crippen LogP contribution in [-0.2, 0) is 10.3 Å². The van der Waals surface area contributed by atoms with E-state index in [0.717, 1.165) is 8.66 Å². The molecule has 0 radical (unpaired) electrons. The largest absolute Gasteiger partial charge is 0.345 e. The van der Waals surface area contributed by atoms with E-state index < -0.39 is 5.54 Å². The Morgan fingerprint density at radius 2 is 2.33 bits per heavy atom. The van der Waals surface area contributed by atoms with E-state index in [-0.39, 0.29) is 12.3 Å². The fraction of sp³-hybridized carbons (Fsp3) is 0.400. The van der Waals surface area contributed by atoms with Crippen LogP contribution in [0.25, 0.3) is 0 Å². The molecule has 1 heterocycles.